The molecule has 0 spiro atoms. The van der Waals surface area contributed by atoms with Crippen molar-refractivity contribution < 1.29 is 27.5 Å². The van der Waals surface area contributed by atoms with Gasteiger partial charge in [0.15, 0.2) is 0 Å². The number of rotatable bonds is 3. The highest BCUT2D eigenvalue weighted by Crippen LogP contribution is 2.36. The monoisotopic (exact) mass is 524 g/mol. The van der Waals surface area contributed by atoms with Crippen LogP contribution in [0.2, 0.25) is 0 Å². The summed E-state index contributed by atoms with van der Waals surface area (Å²) in [5.41, 5.74) is 0.394. The van der Waals surface area contributed by atoms with Gasteiger partial charge >= 0.3 is 12.3 Å². The van der Waals surface area contributed by atoms with Crippen LogP contribution in [0, 0.1) is 0 Å². The molecular weight excluding hydrogens is 493 g/mol. The number of hydrogen-bond donors (Lipinski definition) is 1. The van der Waals surface area contributed by atoms with E-state index in [4.69, 9.17) is 4.74 Å². The Balaban J connectivity index is 1.52. The number of amides is 2. The van der Waals surface area contributed by atoms with Crippen molar-refractivity contribution >= 4 is 34.7 Å². The average molecular weight is 525 g/mol. The predicted molar refractivity (Wildman–Crippen MR) is 134 cm³/mol. The van der Waals surface area contributed by atoms with E-state index in [2.05, 4.69) is 10.2 Å². The number of piperazine rings is 1. The summed E-state index contributed by atoms with van der Waals surface area (Å²) in [4.78, 5) is 32.1. The van der Waals surface area contributed by atoms with E-state index in [0.717, 1.165) is 35.7 Å². The highest BCUT2D eigenvalue weighted by atomic mass is 32.1. The van der Waals surface area contributed by atoms with Gasteiger partial charge in [0.25, 0.3) is 5.91 Å². The van der Waals surface area contributed by atoms with E-state index in [-0.39, 0.29) is 5.69 Å². The van der Waals surface area contributed by atoms with Gasteiger partial charge in [-0.25, -0.2) is 4.79 Å². The highest BCUT2D eigenvalue weighted by molar-refractivity contribution is 7.10. The zero-order valence-corrected chi connectivity index (χ0v) is 21.7. The highest BCUT2D eigenvalue weighted by Gasteiger charge is 2.33. The van der Waals surface area contributed by atoms with E-state index in [1.807, 2.05) is 11.9 Å². The molecule has 1 aromatic carbocycles. The topological polar surface area (TPSA) is 65.1 Å². The standard InChI is InChI=1S/C25H31F3N4O3S/c1-24(2,3)35-23(34)32-6-5-19-20(15-36-21(19)14-32)22(33)29-17-11-16(25(26,27)28)12-18(13-17)31-9-7-30(4)8-10-31/h11-13,15H,5-10,14H2,1-4H3,(H,29,33). The first-order valence-corrected chi connectivity index (χ1v) is 12.7. The van der Waals surface area contributed by atoms with Crippen molar-refractivity contribution in [2.45, 2.75) is 45.5 Å². The van der Waals surface area contributed by atoms with Crippen molar-refractivity contribution in [1.82, 2.24) is 9.80 Å². The van der Waals surface area contributed by atoms with Crippen molar-refractivity contribution in [2.75, 3.05) is 50.0 Å². The Labute approximate surface area is 212 Å². The van der Waals surface area contributed by atoms with Crippen LogP contribution in [0.1, 0.15) is 47.1 Å². The van der Waals surface area contributed by atoms with Crippen molar-refractivity contribution in [3.63, 3.8) is 0 Å². The number of carbonyl (C=O) groups excluding carboxylic acids is 2. The van der Waals surface area contributed by atoms with Crippen LogP contribution in [0.4, 0.5) is 29.3 Å². The molecule has 0 atom stereocenters. The number of anilines is 2. The Morgan fingerprint density at radius 2 is 1.72 bits per heavy atom. The van der Waals surface area contributed by atoms with Crippen LogP contribution in [-0.2, 0) is 23.9 Å². The summed E-state index contributed by atoms with van der Waals surface area (Å²) < 4.78 is 46.4. The largest absolute Gasteiger partial charge is 0.444 e. The van der Waals surface area contributed by atoms with Crippen molar-refractivity contribution in [2.24, 2.45) is 0 Å². The second-order valence-corrected chi connectivity index (χ2v) is 11.2. The Kier molecular flexibility index (Phi) is 7.25. The molecule has 4 rings (SSSR count). The fraction of sp³-hybridized carbons (Fsp3) is 0.520. The van der Waals surface area contributed by atoms with Crippen LogP contribution in [-0.4, -0.2) is 67.2 Å². The second kappa shape index (κ2) is 9.93. The third-order valence-corrected chi connectivity index (χ3v) is 7.23. The molecule has 1 saturated heterocycles. The molecule has 1 aromatic heterocycles. The maximum atomic E-state index is 13.6. The van der Waals surface area contributed by atoms with Crippen LogP contribution < -0.4 is 10.2 Å². The lowest BCUT2D eigenvalue weighted by molar-refractivity contribution is -0.137. The molecule has 196 valence electrons. The summed E-state index contributed by atoms with van der Waals surface area (Å²) in [6, 6.07) is 3.71. The Bertz CT molecular complexity index is 1130. The lowest BCUT2D eigenvalue weighted by Crippen LogP contribution is -2.44. The number of halogens is 3. The fourth-order valence-corrected chi connectivity index (χ4v) is 5.39. The Morgan fingerprint density at radius 1 is 1.03 bits per heavy atom. The number of thiophene rings is 1. The van der Waals surface area contributed by atoms with Gasteiger partial charge in [-0.3, -0.25) is 4.79 Å². The minimum atomic E-state index is -4.53. The zero-order chi connectivity index (χ0) is 26.3. The molecular formula is C25H31F3N4O3S. The van der Waals surface area contributed by atoms with Gasteiger partial charge in [0.2, 0.25) is 0 Å². The number of nitrogens with zero attached hydrogens (tertiary/aromatic N) is 3. The Morgan fingerprint density at radius 3 is 2.36 bits per heavy atom. The first-order chi connectivity index (χ1) is 16.8. The molecule has 0 aliphatic carbocycles. The van der Waals surface area contributed by atoms with E-state index >= 15 is 0 Å². The number of likely N-dealkylation sites (N-methyl/N-ethyl adjacent to an activating group) is 1. The first kappa shape index (κ1) is 26.3. The minimum absolute atomic E-state index is 0.106. The molecule has 11 heteroatoms. The maximum absolute atomic E-state index is 13.6. The van der Waals surface area contributed by atoms with Crippen LogP contribution in [0.25, 0.3) is 0 Å². The number of ether oxygens (including phenoxy) is 1. The Hall–Kier alpha value is -2.79. The molecule has 2 aliphatic rings. The number of alkyl halides is 3. The summed E-state index contributed by atoms with van der Waals surface area (Å²) in [5.74, 6) is -0.457. The van der Waals surface area contributed by atoms with Gasteiger partial charge in [-0.05, 0) is 58.0 Å². The number of fused-ring (bicyclic) bond motifs is 1. The third kappa shape index (κ3) is 6.12. The molecule has 7 nitrogen and oxygen atoms in total. The van der Waals surface area contributed by atoms with Crippen molar-refractivity contribution in [1.29, 1.82) is 0 Å². The number of hydrogen-bond acceptors (Lipinski definition) is 6. The molecule has 3 heterocycles. The first-order valence-electron chi connectivity index (χ1n) is 11.8. The molecule has 0 saturated carbocycles. The van der Waals surface area contributed by atoms with Gasteiger partial charge < -0.3 is 24.8 Å². The summed E-state index contributed by atoms with van der Waals surface area (Å²) in [5, 5.41) is 4.39. The van der Waals surface area contributed by atoms with Crippen LogP contribution in [0.3, 0.4) is 0 Å². The fourth-order valence-electron chi connectivity index (χ4n) is 4.29. The van der Waals surface area contributed by atoms with E-state index in [9.17, 15) is 22.8 Å². The van der Waals surface area contributed by atoms with Gasteiger partial charge in [0, 0.05) is 54.4 Å². The van der Waals surface area contributed by atoms with Gasteiger partial charge in [0.1, 0.15) is 5.60 Å². The molecule has 1 fully saturated rings. The molecule has 0 unspecified atom stereocenters. The molecule has 1 N–H and O–H groups in total. The van der Waals surface area contributed by atoms with Crippen molar-refractivity contribution in [3.8, 4) is 0 Å². The van der Waals surface area contributed by atoms with Crippen molar-refractivity contribution in [3.05, 3.63) is 45.1 Å². The zero-order valence-electron chi connectivity index (χ0n) is 20.9. The molecule has 2 aliphatic heterocycles. The summed E-state index contributed by atoms with van der Waals surface area (Å²) >= 11 is 1.36. The second-order valence-electron chi connectivity index (χ2n) is 10.2. The lowest BCUT2D eigenvalue weighted by Gasteiger charge is -2.34. The molecule has 0 bridgehead atoms. The van der Waals surface area contributed by atoms with Gasteiger partial charge in [-0.1, -0.05) is 0 Å². The van der Waals surface area contributed by atoms with Gasteiger partial charge in [0.05, 0.1) is 17.7 Å². The summed E-state index contributed by atoms with van der Waals surface area (Å²) in [7, 11) is 1.98. The molecule has 2 aromatic rings. The van der Waals surface area contributed by atoms with Gasteiger partial charge in [-0.15, -0.1) is 11.3 Å². The molecule has 36 heavy (non-hydrogen) atoms. The third-order valence-electron chi connectivity index (χ3n) is 6.21. The maximum Gasteiger partial charge on any atom is 0.416 e. The predicted octanol–water partition coefficient (Wildman–Crippen LogP) is 5.06. The number of benzene rings is 1. The van der Waals surface area contributed by atoms with Gasteiger partial charge in [-0.2, -0.15) is 13.2 Å². The van der Waals surface area contributed by atoms with Crippen LogP contribution in [0.15, 0.2) is 23.6 Å². The average Bonchev–Trinajstić information content (AvgIpc) is 3.21. The summed E-state index contributed by atoms with van der Waals surface area (Å²) in [6.45, 7) is 8.85. The van der Waals surface area contributed by atoms with Crippen LogP contribution >= 0.6 is 11.3 Å². The quantitative estimate of drug-likeness (QED) is 0.608. The number of nitrogens with one attached hydrogen (secondary N) is 1. The minimum Gasteiger partial charge on any atom is -0.444 e. The SMILES string of the molecule is CN1CCN(c2cc(NC(=O)c3csc4c3CCN(C(=O)OC(C)(C)C)C4)cc(C(F)(F)F)c2)CC1. The normalized spacial score (nSPS) is 17.1. The summed E-state index contributed by atoms with van der Waals surface area (Å²) in [6.07, 6.45) is -4.47. The molecule has 0 radical (unpaired) electrons. The lowest BCUT2D eigenvalue weighted by atomic mass is 10.0. The van der Waals surface area contributed by atoms with E-state index in [1.165, 1.54) is 11.3 Å². The van der Waals surface area contributed by atoms with E-state index in [1.54, 1.807) is 37.1 Å². The number of carbonyl (C=O) groups is 2. The molecule has 2 amide bonds. The van der Waals surface area contributed by atoms with E-state index in [0.29, 0.717) is 43.9 Å². The smallest absolute Gasteiger partial charge is 0.416 e. The van der Waals surface area contributed by atoms with E-state index < -0.39 is 29.3 Å². The van der Waals surface area contributed by atoms with Crippen LogP contribution in [0.5, 0.6) is 0 Å².